The Morgan fingerprint density at radius 1 is 1.15 bits per heavy atom. The average molecular weight is 391 g/mol. The van der Waals surface area contributed by atoms with E-state index in [9.17, 15) is 9.59 Å². The Hall–Kier alpha value is -2.50. The Labute approximate surface area is 160 Å². The number of anilines is 1. The number of carbonyl (C=O) groups is 2. The van der Waals surface area contributed by atoms with Gasteiger partial charge in [-0.1, -0.05) is 41.4 Å². The molecule has 7 heteroatoms. The number of rotatable bonds is 4. The summed E-state index contributed by atoms with van der Waals surface area (Å²) in [5.41, 5.74) is 1.71. The number of amides is 1. The van der Waals surface area contributed by atoms with Crippen LogP contribution in [-0.2, 0) is 16.6 Å². The zero-order valence-electron chi connectivity index (χ0n) is 14.1. The lowest BCUT2D eigenvalue weighted by Crippen LogP contribution is -2.30. The first-order valence-corrected chi connectivity index (χ1v) is 8.63. The van der Waals surface area contributed by atoms with E-state index in [1.165, 1.54) is 13.0 Å². The minimum Gasteiger partial charge on any atom is -0.449 e. The van der Waals surface area contributed by atoms with Crippen molar-refractivity contribution in [2.45, 2.75) is 13.0 Å². The Kier molecular flexibility index (Phi) is 5.20. The molecule has 0 saturated heterocycles. The topological polar surface area (TPSA) is 60.3 Å². The third kappa shape index (κ3) is 3.69. The molecule has 0 saturated carbocycles. The third-order valence-corrected chi connectivity index (χ3v) is 4.51. The molecule has 3 rings (SSSR count). The average Bonchev–Trinajstić information content (AvgIpc) is 2.94. The number of aromatic nitrogens is 1. The molecule has 0 unspecified atom stereocenters. The number of nitrogens with one attached hydrogen (secondary N) is 1. The number of benzene rings is 2. The van der Waals surface area contributed by atoms with E-state index < -0.39 is 18.0 Å². The van der Waals surface area contributed by atoms with Crippen molar-refractivity contribution >= 4 is 51.7 Å². The highest BCUT2D eigenvalue weighted by Gasteiger charge is 2.22. The minimum absolute atomic E-state index is 0.304. The number of aryl methyl sites for hydroxylation is 1. The minimum atomic E-state index is -0.992. The molecule has 0 aliphatic rings. The van der Waals surface area contributed by atoms with Gasteiger partial charge in [0.25, 0.3) is 5.91 Å². The van der Waals surface area contributed by atoms with E-state index >= 15 is 0 Å². The summed E-state index contributed by atoms with van der Waals surface area (Å²) in [6.45, 7) is 1.50. The molecule has 0 aliphatic carbocycles. The van der Waals surface area contributed by atoms with Gasteiger partial charge in [0.2, 0.25) is 0 Å². The monoisotopic (exact) mass is 390 g/mol. The summed E-state index contributed by atoms with van der Waals surface area (Å²) in [7, 11) is 1.85. The molecule has 1 atom stereocenters. The molecule has 26 heavy (non-hydrogen) atoms. The quantitative estimate of drug-likeness (QED) is 0.658. The van der Waals surface area contributed by atoms with Gasteiger partial charge in [-0.15, -0.1) is 0 Å². The van der Waals surface area contributed by atoms with Crippen LogP contribution < -0.4 is 5.32 Å². The van der Waals surface area contributed by atoms with E-state index in [1.54, 1.807) is 18.3 Å². The summed E-state index contributed by atoms with van der Waals surface area (Å²) in [4.78, 5) is 24.8. The number of hydrogen-bond donors (Lipinski definition) is 1. The standard InChI is InChI=1S/C19H16Cl2N2O3/c1-11(18(24)22-16-8-7-12(20)9-15(16)21)26-19(25)14-10-23(2)17-6-4-3-5-13(14)17/h3-11H,1-2H3,(H,22,24)/t11-/m0/s1. The number of esters is 1. The maximum atomic E-state index is 12.5. The van der Waals surface area contributed by atoms with Gasteiger partial charge in [-0.2, -0.15) is 0 Å². The maximum absolute atomic E-state index is 12.5. The van der Waals surface area contributed by atoms with Crippen molar-refractivity contribution in [2.75, 3.05) is 5.32 Å². The van der Waals surface area contributed by atoms with Crippen molar-refractivity contribution in [3.05, 3.63) is 64.3 Å². The Morgan fingerprint density at radius 2 is 1.88 bits per heavy atom. The summed E-state index contributed by atoms with van der Waals surface area (Å²) in [5.74, 6) is -1.05. The number of hydrogen-bond acceptors (Lipinski definition) is 3. The zero-order valence-corrected chi connectivity index (χ0v) is 15.6. The lowest BCUT2D eigenvalue weighted by atomic mass is 10.2. The Bertz CT molecular complexity index is 998. The van der Waals surface area contributed by atoms with Crippen LogP contribution in [0.15, 0.2) is 48.7 Å². The van der Waals surface area contributed by atoms with Gasteiger partial charge in [-0.05, 0) is 31.2 Å². The lowest BCUT2D eigenvalue weighted by Gasteiger charge is -2.14. The van der Waals surface area contributed by atoms with Crippen LogP contribution >= 0.6 is 23.2 Å². The highest BCUT2D eigenvalue weighted by molar-refractivity contribution is 6.36. The van der Waals surface area contributed by atoms with Crippen LogP contribution in [-0.4, -0.2) is 22.5 Å². The van der Waals surface area contributed by atoms with Crippen LogP contribution in [0.1, 0.15) is 17.3 Å². The maximum Gasteiger partial charge on any atom is 0.341 e. The molecule has 2 aromatic carbocycles. The van der Waals surface area contributed by atoms with Gasteiger partial charge in [0.05, 0.1) is 16.3 Å². The molecular formula is C19H16Cl2N2O3. The second-order valence-corrected chi connectivity index (χ2v) is 6.68. The fraction of sp³-hybridized carbons (Fsp3) is 0.158. The summed E-state index contributed by atoms with van der Waals surface area (Å²) in [6, 6.07) is 12.2. The normalized spacial score (nSPS) is 12.0. The number of ether oxygens (including phenoxy) is 1. The first-order valence-electron chi connectivity index (χ1n) is 7.88. The Morgan fingerprint density at radius 3 is 2.62 bits per heavy atom. The van der Waals surface area contributed by atoms with Gasteiger partial charge in [0.1, 0.15) is 0 Å². The van der Waals surface area contributed by atoms with Gasteiger partial charge in [-0.25, -0.2) is 4.79 Å². The van der Waals surface area contributed by atoms with E-state index in [2.05, 4.69) is 5.32 Å². The van der Waals surface area contributed by atoms with Crippen molar-refractivity contribution in [1.82, 2.24) is 4.57 Å². The van der Waals surface area contributed by atoms with Gasteiger partial charge < -0.3 is 14.6 Å². The molecule has 5 nitrogen and oxygen atoms in total. The number of fused-ring (bicyclic) bond motifs is 1. The second kappa shape index (κ2) is 7.40. The van der Waals surface area contributed by atoms with Crippen molar-refractivity contribution < 1.29 is 14.3 Å². The highest BCUT2D eigenvalue weighted by atomic mass is 35.5. The summed E-state index contributed by atoms with van der Waals surface area (Å²) in [6.07, 6.45) is 0.696. The molecule has 0 bridgehead atoms. The third-order valence-electron chi connectivity index (χ3n) is 3.96. The summed E-state index contributed by atoms with van der Waals surface area (Å²) < 4.78 is 7.16. The van der Waals surface area contributed by atoms with Gasteiger partial charge >= 0.3 is 5.97 Å². The van der Waals surface area contributed by atoms with Crippen LogP contribution in [0.5, 0.6) is 0 Å². The van der Waals surface area contributed by atoms with E-state index in [-0.39, 0.29) is 0 Å². The van der Waals surface area contributed by atoms with Crippen molar-refractivity contribution in [3.8, 4) is 0 Å². The molecule has 1 heterocycles. The SMILES string of the molecule is C[C@H](OC(=O)c1cn(C)c2ccccc12)C(=O)Nc1ccc(Cl)cc1Cl. The van der Waals surface area contributed by atoms with Crippen LogP contribution in [0, 0.1) is 0 Å². The van der Waals surface area contributed by atoms with E-state index in [1.807, 2.05) is 35.9 Å². The first-order chi connectivity index (χ1) is 12.4. The molecule has 0 fully saturated rings. The van der Waals surface area contributed by atoms with Crippen molar-refractivity contribution in [2.24, 2.45) is 7.05 Å². The first kappa shape index (κ1) is 18.3. The molecule has 134 valence electrons. The molecule has 3 aromatic rings. The smallest absolute Gasteiger partial charge is 0.341 e. The number of para-hydroxylation sites is 1. The van der Waals surface area contributed by atoms with Gasteiger partial charge in [0.15, 0.2) is 6.10 Å². The summed E-state index contributed by atoms with van der Waals surface area (Å²) >= 11 is 11.9. The highest BCUT2D eigenvalue weighted by Crippen LogP contribution is 2.26. The van der Waals surface area contributed by atoms with E-state index in [0.717, 1.165) is 10.9 Å². The van der Waals surface area contributed by atoms with Crippen molar-refractivity contribution in [3.63, 3.8) is 0 Å². The molecule has 0 radical (unpaired) electrons. The van der Waals surface area contributed by atoms with Crippen molar-refractivity contribution in [1.29, 1.82) is 0 Å². The van der Waals surface area contributed by atoms with Gasteiger partial charge in [-0.3, -0.25) is 4.79 Å². The molecule has 1 amide bonds. The molecule has 0 spiro atoms. The molecule has 1 N–H and O–H groups in total. The number of halogens is 2. The van der Waals surface area contributed by atoms with E-state index in [0.29, 0.717) is 21.3 Å². The molecule has 1 aromatic heterocycles. The largest absolute Gasteiger partial charge is 0.449 e. The zero-order chi connectivity index (χ0) is 18.8. The van der Waals surface area contributed by atoms with Gasteiger partial charge in [0, 0.05) is 29.2 Å². The van der Waals surface area contributed by atoms with E-state index in [4.69, 9.17) is 27.9 Å². The lowest BCUT2D eigenvalue weighted by molar-refractivity contribution is -0.123. The number of nitrogens with zero attached hydrogens (tertiary/aromatic N) is 1. The second-order valence-electron chi connectivity index (χ2n) is 5.83. The number of carbonyl (C=O) groups excluding carboxylic acids is 2. The summed E-state index contributed by atoms with van der Waals surface area (Å²) in [5, 5.41) is 4.16. The van der Waals surface area contributed by atoms with Crippen LogP contribution in [0.4, 0.5) is 5.69 Å². The van der Waals surface area contributed by atoms with Crippen LogP contribution in [0.2, 0.25) is 10.0 Å². The predicted molar refractivity (Wildman–Crippen MR) is 103 cm³/mol. The molecule has 0 aliphatic heterocycles. The molecular weight excluding hydrogens is 375 g/mol. The fourth-order valence-corrected chi connectivity index (χ4v) is 3.06. The predicted octanol–water partition coefficient (Wildman–Crippen LogP) is 4.67. The fourth-order valence-electron chi connectivity index (χ4n) is 2.61. The Balaban J connectivity index is 1.73. The van der Waals surface area contributed by atoms with Crippen LogP contribution in [0.25, 0.3) is 10.9 Å². The van der Waals surface area contributed by atoms with Crippen LogP contribution in [0.3, 0.4) is 0 Å².